The maximum atomic E-state index is 3.37. The van der Waals surface area contributed by atoms with Gasteiger partial charge in [-0.25, -0.2) is 0 Å². The maximum absolute atomic E-state index is 3.37. The van der Waals surface area contributed by atoms with Crippen molar-refractivity contribution >= 4 is 0 Å². The summed E-state index contributed by atoms with van der Waals surface area (Å²) in [4.78, 5) is 0. The van der Waals surface area contributed by atoms with Gasteiger partial charge in [-0.1, -0.05) is 39.0 Å². The Hall–Kier alpha value is -1.44. The van der Waals surface area contributed by atoms with Crippen molar-refractivity contribution in [3.05, 3.63) is 47.9 Å². The highest BCUT2D eigenvalue weighted by Crippen LogP contribution is 2.17. The van der Waals surface area contributed by atoms with E-state index in [1.807, 2.05) is 20.0 Å². The Morgan fingerprint density at radius 1 is 1.25 bits per heavy atom. The fourth-order valence-electron chi connectivity index (χ4n) is 1.62. The quantitative estimate of drug-likeness (QED) is 0.744. The SMILES string of the molecule is CC.CCC1C=CC(C2=CCNC=C2)=CN1. The van der Waals surface area contributed by atoms with Crippen molar-refractivity contribution in [2.45, 2.75) is 33.2 Å². The van der Waals surface area contributed by atoms with E-state index in [9.17, 15) is 0 Å². The Labute approximate surface area is 98.8 Å². The molecule has 0 aromatic heterocycles. The van der Waals surface area contributed by atoms with Gasteiger partial charge in [0.15, 0.2) is 0 Å². The third-order valence-electron chi connectivity index (χ3n) is 2.55. The number of dihydropyridines is 2. The van der Waals surface area contributed by atoms with Crippen LogP contribution in [-0.2, 0) is 0 Å². The lowest BCUT2D eigenvalue weighted by Crippen LogP contribution is -2.24. The van der Waals surface area contributed by atoms with E-state index in [1.54, 1.807) is 0 Å². The van der Waals surface area contributed by atoms with Crippen LogP contribution in [0.25, 0.3) is 0 Å². The van der Waals surface area contributed by atoms with Gasteiger partial charge < -0.3 is 10.6 Å². The van der Waals surface area contributed by atoms with Crippen molar-refractivity contribution < 1.29 is 0 Å². The second-order valence-corrected chi connectivity index (χ2v) is 3.54. The van der Waals surface area contributed by atoms with E-state index >= 15 is 0 Å². The first kappa shape index (κ1) is 12.6. The molecular formula is C14H22N2. The second-order valence-electron chi connectivity index (χ2n) is 3.54. The molecule has 2 aliphatic rings. The number of hydrogen-bond donors (Lipinski definition) is 2. The molecule has 2 N–H and O–H groups in total. The van der Waals surface area contributed by atoms with Gasteiger partial charge >= 0.3 is 0 Å². The van der Waals surface area contributed by atoms with Crippen molar-refractivity contribution in [2.24, 2.45) is 0 Å². The molecule has 0 fully saturated rings. The summed E-state index contributed by atoms with van der Waals surface area (Å²) in [5, 5.41) is 6.52. The molecule has 0 aromatic rings. The van der Waals surface area contributed by atoms with Crippen LogP contribution in [0.2, 0.25) is 0 Å². The Morgan fingerprint density at radius 3 is 2.56 bits per heavy atom. The third-order valence-corrected chi connectivity index (χ3v) is 2.55. The topological polar surface area (TPSA) is 24.1 Å². The predicted molar refractivity (Wildman–Crippen MR) is 71.0 cm³/mol. The highest BCUT2D eigenvalue weighted by molar-refractivity contribution is 5.48. The van der Waals surface area contributed by atoms with Gasteiger partial charge in [-0.2, -0.15) is 0 Å². The first-order chi connectivity index (χ1) is 7.90. The molecule has 1 atom stereocenters. The van der Waals surface area contributed by atoms with E-state index in [2.05, 4.69) is 48.1 Å². The monoisotopic (exact) mass is 218 g/mol. The van der Waals surface area contributed by atoms with Crippen molar-refractivity contribution in [3.8, 4) is 0 Å². The fraction of sp³-hybridized carbons (Fsp3) is 0.429. The zero-order chi connectivity index (χ0) is 11.8. The van der Waals surface area contributed by atoms with Crippen LogP contribution < -0.4 is 10.6 Å². The molecule has 0 bridgehead atoms. The average Bonchev–Trinajstić information content (AvgIpc) is 2.42. The van der Waals surface area contributed by atoms with E-state index in [1.165, 1.54) is 11.1 Å². The molecule has 16 heavy (non-hydrogen) atoms. The van der Waals surface area contributed by atoms with Crippen LogP contribution in [0, 0.1) is 0 Å². The van der Waals surface area contributed by atoms with E-state index < -0.39 is 0 Å². The van der Waals surface area contributed by atoms with E-state index in [-0.39, 0.29) is 0 Å². The normalized spacial score (nSPS) is 22.1. The molecule has 0 saturated carbocycles. The first-order valence-corrected chi connectivity index (χ1v) is 6.15. The lowest BCUT2D eigenvalue weighted by Gasteiger charge is -2.18. The van der Waals surface area contributed by atoms with Crippen molar-refractivity contribution in [3.63, 3.8) is 0 Å². The van der Waals surface area contributed by atoms with Gasteiger partial charge in [0.25, 0.3) is 0 Å². The Balaban J connectivity index is 0.000000606. The lowest BCUT2D eigenvalue weighted by molar-refractivity contribution is 0.667. The maximum Gasteiger partial charge on any atom is 0.0439 e. The van der Waals surface area contributed by atoms with Crippen LogP contribution in [-0.4, -0.2) is 12.6 Å². The molecule has 2 aliphatic heterocycles. The van der Waals surface area contributed by atoms with Crippen LogP contribution in [0.4, 0.5) is 0 Å². The summed E-state index contributed by atoms with van der Waals surface area (Å²) < 4.78 is 0. The van der Waals surface area contributed by atoms with Crippen LogP contribution in [0.1, 0.15) is 27.2 Å². The molecule has 0 aromatic carbocycles. The van der Waals surface area contributed by atoms with Crippen LogP contribution in [0.3, 0.4) is 0 Å². The largest absolute Gasteiger partial charge is 0.387 e. The first-order valence-electron chi connectivity index (χ1n) is 6.15. The van der Waals surface area contributed by atoms with Gasteiger partial charge in [0.1, 0.15) is 0 Å². The molecule has 2 nitrogen and oxygen atoms in total. The highest BCUT2D eigenvalue weighted by atomic mass is 14.9. The minimum atomic E-state index is 0.505. The van der Waals surface area contributed by atoms with Crippen molar-refractivity contribution in [1.82, 2.24) is 10.6 Å². The van der Waals surface area contributed by atoms with Gasteiger partial charge in [-0.05, 0) is 29.8 Å². The molecule has 88 valence electrons. The summed E-state index contributed by atoms with van der Waals surface area (Å²) in [6, 6.07) is 0.505. The van der Waals surface area contributed by atoms with E-state index in [4.69, 9.17) is 0 Å². The number of allylic oxidation sites excluding steroid dienone is 4. The minimum absolute atomic E-state index is 0.505. The summed E-state index contributed by atoms with van der Waals surface area (Å²) in [6.45, 7) is 7.11. The standard InChI is InChI=1S/C12H16N2.C2H6/c1-2-12-4-3-11(9-14-12)10-5-7-13-8-6-10;1-2/h3-7,9,12-14H,2,8H2,1H3;1-2H3. The number of hydrogen-bond acceptors (Lipinski definition) is 2. The Morgan fingerprint density at radius 2 is 2.06 bits per heavy atom. The average molecular weight is 218 g/mol. The van der Waals surface area contributed by atoms with Gasteiger partial charge in [-0.3, -0.25) is 0 Å². The summed E-state index contributed by atoms with van der Waals surface area (Å²) in [7, 11) is 0. The summed E-state index contributed by atoms with van der Waals surface area (Å²) >= 11 is 0. The molecule has 2 heterocycles. The minimum Gasteiger partial charge on any atom is -0.387 e. The molecular weight excluding hydrogens is 196 g/mol. The lowest BCUT2D eigenvalue weighted by atomic mass is 10.0. The zero-order valence-corrected chi connectivity index (χ0v) is 10.5. The van der Waals surface area contributed by atoms with E-state index in [0.29, 0.717) is 6.04 Å². The molecule has 0 amide bonds. The third kappa shape index (κ3) is 3.30. The van der Waals surface area contributed by atoms with Crippen LogP contribution >= 0.6 is 0 Å². The molecule has 0 spiro atoms. The smallest absolute Gasteiger partial charge is 0.0439 e. The van der Waals surface area contributed by atoms with Gasteiger partial charge in [0, 0.05) is 18.8 Å². The van der Waals surface area contributed by atoms with E-state index in [0.717, 1.165) is 13.0 Å². The number of rotatable bonds is 2. The molecule has 2 rings (SSSR count). The number of nitrogens with one attached hydrogen (secondary N) is 2. The van der Waals surface area contributed by atoms with Crippen LogP contribution in [0.5, 0.6) is 0 Å². The summed E-state index contributed by atoms with van der Waals surface area (Å²) in [5.41, 5.74) is 2.56. The van der Waals surface area contributed by atoms with Gasteiger partial charge in [0.2, 0.25) is 0 Å². The fourth-order valence-corrected chi connectivity index (χ4v) is 1.62. The Kier molecular flexibility index (Phi) is 5.48. The Bertz CT molecular complexity index is 322. The zero-order valence-electron chi connectivity index (χ0n) is 10.5. The highest BCUT2D eigenvalue weighted by Gasteiger charge is 2.07. The molecule has 0 radical (unpaired) electrons. The van der Waals surface area contributed by atoms with Gasteiger partial charge in [-0.15, -0.1) is 0 Å². The molecule has 0 saturated heterocycles. The molecule has 0 aliphatic carbocycles. The summed E-state index contributed by atoms with van der Waals surface area (Å²) in [6.07, 6.45) is 14.0. The van der Waals surface area contributed by atoms with Crippen molar-refractivity contribution in [2.75, 3.05) is 6.54 Å². The molecule has 1 unspecified atom stereocenters. The van der Waals surface area contributed by atoms with Crippen molar-refractivity contribution in [1.29, 1.82) is 0 Å². The van der Waals surface area contributed by atoms with Gasteiger partial charge in [0.05, 0.1) is 0 Å². The summed E-state index contributed by atoms with van der Waals surface area (Å²) in [5.74, 6) is 0. The second kappa shape index (κ2) is 6.94. The predicted octanol–water partition coefficient (Wildman–Crippen LogP) is 2.88. The molecule has 2 heteroatoms. The van der Waals surface area contributed by atoms with Crippen LogP contribution in [0.15, 0.2) is 47.9 Å².